The first kappa shape index (κ1) is 22.8. The predicted molar refractivity (Wildman–Crippen MR) is 111 cm³/mol. The van der Waals surface area contributed by atoms with Gasteiger partial charge in [0.2, 0.25) is 5.91 Å². The molecule has 10 heteroatoms. The number of alkyl halides is 3. The summed E-state index contributed by atoms with van der Waals surface area (Å²) in [6, 6.07) is 4.62. The number of hydrogen-bond acceptors (Lipinski definition) is 6. The van der Waals surface area contributed by atoms with Crippen LogP contribution in [0.3, 0.4) is 0 Å². The molecule has 0 N–H and O–H groups in total. The molecule has 4 rings (SSSR count). The van der Waals surface area contributed by atoms with Gasteiger partial charge < -0.3 is 14.2 Å². The molecule has 1 fully saturated rings. The number of nitrogens with zero attached hydrogens (tertiary/aromatic N) is 1. The summed E-state index contributed by atoms with van der Waals surface area (Å²) < 4.78 is 55.3. The van der Waals surface area contributed by atoms with E-state index in [1.165, 1.54) is 42.4 Å². The summed E-state index contributed by atoms with van der Waals surface area (Å²) in [7, 11) is 1.28. The van der Waals surface area contributed by atoms with Gasteiger partial charge in [-0.1, -0.05) is 12.1 Å². The minimum atomic E-state index is -4.44. The number of anilines is 1. The van der Waals surface area contributed by atoms with Crippen LogP contribution in [0.2, 0.25) is 0 Å². The largest absolute Gasteiger partial charge is 0.465 e. The maximum absolute atomic E-state index is 12.9. The maximum atomic E-state index is 12.9. The van der Waals surface area contributed by atoms with Crippen molar-refractivity contribution in [3.8, 4) is 0 Å². The Kier molecular flexibility index (Phi) is 6.04. The number of hydrogen-bond donors (Lipinski definition) is 0. The zero-order chi connectivity index (χ0) is 23.1. The number of carbonyl (C=O) groups is 2. The molecule has 2 heterocycles. The van der Waals surface area contributed by atoms with E-state index in [1.807, 2.05) is 0 Å². The molecule has 32 heavy (non-hydrogen) atoms. The number of thiophene rings is 1. The van der Waals surface area contributed by atoms with Gasteiger partial charge in [0.25, 0.3) is 0 Å². The van der Waals surface area contributed by atoms with Crippen molar-refractivity contribution in [1.29, 1.82) is 0 Å². The summed E-state index contributed by atoms with van der Waals surface area (Å²) in [5.41, 5.74) is 0.872. The van der Waals surface area contributed by atoms with Crippen LogP contribution in [0.1, 0.15) is 45.3 Å². The van der Waals surface area contributed by atoms with Crippen LogP contribution in [0.5, 0.6) is 0 Å². The summed E-state index contributed by atoms with van der Waals surface area (Å²) in [6.45, 7) is 2.39. The smallest absolute Gasteiger partial charge is 0.416 e. The van der Waals surface area contributed by atoms with E-state index in [0.717, 1.165) is 22.6 Å². The second-order valence-corrected chi connectivity index (χ2v) is 8.84. The number of amides is 1. The van der Waals surface area contributed by atoms with Gasteiger partial charge in [-0.05, 0) is 29.7 Å². The summed E-state index contributed by atoms with van der Waals surface area (Å²) in [4.78, 5) is 27.5. The molecule has 1 aliphatic heterocycles. The van der Waals surface area contributed by atoms with Gasteiger partial charge in [0, 0.05) is 24.6 Å². The monoisotopic (exact) mass is 469 g/mol. The average Bonchev–Trinajstić information content (AvgIpc) is 3.35. The quantitative estimate of drug-likeness (QED) is 0.624. The third-order valence-corrected chi connectivity index (χ3v) is 6.96. The minimum absolute atomic E-state index is 0.0228. The normalized spacial score (nSPS) is 17.3. The summed E-state index contributed by atoms with van der Waals surface area (Å²) in [5, 5.41) is 0.421. The van der Waals surface area contributed by atoms with Crippen molar-refractivity contribution in [2.24, 2.45) is 0 Å². The summed E-state index contributed by atoms with van der Waals surface area (Å²) in [6.07, 6.45) is -2.87. The fourth-order valence-electron chi connectivity index (χ4n) is 4.11. The Balaban J connectivity index is 1.70. The highest BCUT2D eigenvalue weighted by Gasteiger charge is 2.43. The standard InChI is InChI=1S/C22H22F3NO5S/c1-13(27)26(12-14-3-5-15(6-4-14)22(23,24)25)19-18(20(28)29-2)16-7-8-21(11-17(16)32-19)30-9-10-31-21/h3-6H,7-12H2,1-2H3. The minimum Gasteiger partial charge on any atom is -0.465 e. The maximum Gasteiger partial charge on any atom is 0.416 e. The van der Waals surface area contributed by atoms with Gasteiger partial charge in [0.1, 0.15) is 5.00 Å². The molecule has 1 aliphatic carbocycles. The lowest BCUT2D eigenvalue weighted by atomic mass is 9.90. The Hall–Kier alpha value is -2.43. The molecule has 2 aromatic rings. The molecule has 1 spiro atoms. The highest BCUT2D eigenvalue weighted by atomic mass is 32.1. The highest BCUT2D eigenvalue weighted by molar-refractivity contribution is 7.17. The molecule has 1 aromatic carbocycles. The molecule has 0 bridgehead atoms. The van der Waals surface area contributed by atoms with Crippen LogP contribution in [-0.2, 0) is 44.6 Å². The number of carbonyl (C=O) groups excluding carboxylic acids is 2. The summed E-state index contributed by atoms with van der Waals surface area (Å²) in [5.74, 6) is -1.60. The average molecular weight is 469 g/mol. The number of rotatable bonds is 4. The van der Waals surface area contributed by atoms with E-state index in [2.05, 4.69) is 0 Å². The van der Waals surface area contributed by atoms with E-state index in [4.69, 9.17) is 14.2 Å². The Morgan fingerprint density at radius 3 is 2.41 bits per heavy atom. The van der Waals surface area contributed by atoms with Crippen molar-refractivity contribution < 1.29 is 37.0 Å². The number of benzene rings is 1. The van der Waals surface area contributed by atoms with Gasteiger partial charge in [-0.15, -0.1) is 11.3 Å². The fraction of sp³-hybridized carbons (Fsp3) is 0.455. The van der Waals surface area contributed by atoms with Crippen LogP contribution in [0, 0.1) is 0 Å². The molecule has 1 aromatic heterocycles. The van der Waals surface area contributed by atoms with Crippen LogP contribution in [-0.4, -0.2) is 38.0 Å². The molecule has 172 valence electrons. The van der Waals surface area contributed by atoms with Crippen molar-refractivity contribution in [2.45, 2.75) is 44.7 Å². The van der Waals surface area contributed by atoms with Gasteiger partial charge in [0.15, 0.2) is 5.79 Å². The lowest BCUT2D eigenvalue weighted by Gasteiger charge is -2.31. The first-order valence-corrected chi connectivity index (χ1v) is 10.9. The Labute approximate surface area is 186 Å². The molecule has 2 aliphatic rings. The van der Waals surface area contributed by atoms with E-state index in [0.29, 0.717) is 48.6 Å². The number of ether oxygens (including phenoxy) is 3. The zero-order valence-corrected chi connectivity index (χ0v) is 18.4. The molecule has 0 unspecified atom stereocenters. The van der Waals surface area contributed by atoms with Gasteiger partial charge >= 0.3 is 12.1 Å². The molecule has 1 amide bonds. The van der Waals surface area contributed by atoms with Crippen molar-refractivity contribution >= 4 is 28.2 Å². The van der Waals surface area contributed by atoms with Gasteiger partial charge in [-0.2, -0.15) is 13.2 Å². The van der Waals surface area contributed by atoms with Crippen LogP contribution in [0.25, 0.3) is 0 Å². The lowest BCUT2D eigenvalue weighted by Crippen LogP contribution is -2.36. The van der Waals surface area contributed by atoms with Gasteiger partial charge in [0.05, 0.1) is 38.0 Å². The van der Waals surface area contributed by atoms with Gasteiger partial charge in [-0.3, -0.25) is 9.69 Å². The molecular formula is C22H22F3NO5S. The van der Waals surface area contributed by atoms with Crippen molar-refractivity contribution in [3.05, 3.63) is 51.4 Å². The van der Waals surface area contributed by atoms with E-state index >= 15 is 0 Å². The van der Waals surface area contributed by atoms with Crippen LogP contribution >= 0.6 is 11.3 Å². The van der Waals surface area contributed by atoms with E-state index in [9.17, 15) is 22.8 Å². The molecule has 6 nitrogen and oxygen atoms in total. The van der Waals surface area contributed by atoms with E-state index in [-0.39, 0.29) is 12.5 Å². The number of fused-ring (bicyclic) bond motifs is 1. The number of methoxy groups -OCH3 is 1. The van der Waals surface area contributed by atoms with Crippen molar-refractivity contribution in [1.82, 2.24) is 0 Å². The van der Waals surface area contributed by atoms with Crippen LogP contribution in [0.15, 0.2) is 24.3 Å². The van der Waals surface area contributed by atoms with Crippen molar-refractivity contribution in [2.75, 3.05) is 25.2 Å². The first-order valence-electron chi connectivity index (χ1n) is 10.1. The topological polar surface area (TPSA) is 65.1 Å². The number of halogens is 3. The Morgan fingerprint density at radius 1 is 1.19 bits per heavy atom. The zero-order valence-electron chi connectivity index (χ0n) is 17.6. The Bertz CT molecular complexity index is 1030. The highest BCUT2D eigenvalue weighted by Crippen LogP contribution is 2.45. The third-order valence-electron chi connectivity index (χ3n) is 5.71. The molecule has 0 saturated carbocycles. The fourth-order valence-corrected chi connectivity index (χ4v) is 5.57. The molecule has 1 saturated heterocycles. The van der Waals surface area contributed by atoms with Crippen LogP contribution < -0.4 is 4.90 Å². The predicted octanol–water partition coefficient (Wildman–Crippen LogP) is 4.34. The van der Waals surface area contributed by atoms with Gasteiger partial charge in [-0.25, -0.2) is 4.79 Å². The lowest BCUT2D eigenvalue weighted by molar-refractivity contribution is -0.163. The van der Waals surface area contributed by atoms with E-state index < -0.39 is 23.5 Å². The SMILES string of the molecule is COC(=O)c1c(N(Cc2ccc(C(F)(F)F)cc2)C(C)=O)sc2c1CCC1(C2)OCCO1. The van der Waals surface area contributed by atoms with E-state index in [1.54, 1.807) is 0 Å². The number of esters is 1. The van der Waals surface area contributed by atoms with Crippen LogP contribution in [0.4, 0.5) is 18.2 Å². The molecule has 0 radical (unpaired) electrons. The Morgan fingerprint density at radius 2 is 1.84 bits per heavy atom. The molecule has 0 atom stereocenters. The molecular weight excluding hydrogens is 447 g/mol. The third kappa shape index (κ3) is 4.26. The second-order valence-electron chi connectivity index (χ2n) is 7.76. The second kappa shape index (κ2) is 8.49. The van der Waals surface area contributed by atoms with Crippen molar-refractivity contribution in [3.63, 3.8) is 0 Å². The first-order chi connectivity index (χ1) is 15.1. The summed E-state index contributed by atoms with van der Waals surface area (Å²) >= 11 is 1.29.